The van der Waals surface area contributed by atoms with E-state index in [1.165, 1.54) is 18.4 Å². The quantitative estimate of drug-likeness (QED) is 0.662. The van der Waals surface area contributed by atoms with Crippen LogP contribution in [0.4, 0.5) is 0 Å². The Kier molecular flexibility index (Phi) is 8.25. The summed E-state index contributed by atoms with van der Waals surface area (Å²) in [5, 5.41) is 4.51. The van der Waals surface area contributed by atoms with E-state index in [0.717, 1.165) is 30.5 Å². The topological polar surface area (TPSA) is 12.0 Å². The first-order valence-electron chi connectivity index (χ1n) is 7.93. The normalized spacial score (nSPS) is 13.2. The Labute approximate surface area is 130 Å². The lowest BCUT2D eigenvalue weighted by Crippen LogP contribution is -2.28. The van der Waals surface area contributed by atoms with Crippen LogP contribution >= 0.6 is 11.6 Å². The van der Waals surface area contributed by atoms with Gasteiger partial charge < -0.3 is 5.32 Å². The van der Waals surface area contributed by atoms with Crippen LogP contribution in [-0.4, -0.2) is 13.1 Å². The molecule has 0 aliphatic heterocycles. The maximum absolute atomic E-state index is 6.30. The van der Waals surface area contributed by atoms with Gasteiger partial charge in [0.2, 0.25) is 0 Å². The second-order valence-corrected chi connectivity index (χ2v) is 7.09. The molecule has 0 aromatic heterocycles. The van der Waals surface area contributed by atoms with Gasteiger partial charge in [0, 0.05) is 5.02 Å². The summed E-state index contributed by atoms with van der Waals surface area (Å²) in [7, 11) is 0. The van der Waals surface area contributed by atoms with E-state index < -0.39 is 0 Å². The molecule has 1 N–H and O–H groups in total. The fourth-order valence-corrected chi connectivity index (χ4v) is 2.61. The summed E-state index contributed by atoms with van der Waals surface area (Å²) in [5.41, 5.74) is 1.29. The maximum atomic E-state index is 6.30. The van der Waals surface area contributed by atoms with Crippen molar-refractivity contribution in [2.75, 3.05) is 13.1 Å². The zero-order valence-electron chi connectivity index (χ0n) is 13.5. The van der Waals surface area contributed by atoms with E-state index in [1.54, 1.807) is 0 Å². The SMILES string of the molecule is CC(C)CCC(CNCC(C)C)Cc1ccccc1Cl. The molecule has 0 saturated heterocycles. The molecule has 0 bridgehead atoms. The minimum Gasteiger partial charge on any atom is -0.316 e. The molecule has 0 fully saturated rings. The molecule has 1 unspecified atom stereocenters. The van der Waals surface area contributed by atoms with E-state index in [-0.39, 0.29) is 0 Å². The molecule has 1 atom stereocenters. The molecule has 0 saturated carbocycles. The fraction of sp³-hybridized carbons (Fsp3) is 0.667. The summed E-state index contributed by atoms with van der Waals surface area (Å²) >= 11 is 6.30. The Hall–Kier alpha value is -0.530. The van der Waals surface area contributed by atoms with Crippen molar-refractivity contribution in [1.29, 1.82) is 0 Å². The highest BCUT2D eigenvalue weighted by Gasteiger charge is 2.12. The number of halogens is 1. The molecule has 1 rings (SSSR count). The Morgan fingerprint density at radius 3 is 2.25 bits per heavy atom. The van der Waals surface area contributed by atoms with Crippen LogP contribution in [0.3, 0.4) is 0 Å². The molecule has 0 aliphatic rings. The van der Waals surface area contributed by atoms with Crippen molar-refractivity contribution in [2.24, 2.45) is 17.8 Å². The third-order valence-electron chi connectivity index (χ3n) is 3.60. The first-order valence-corrected chi connectivity index (χ1v) is 8.31. The van der Waals surface area contributed by atoms with Gasteiger partial charge in [0.1, 0.15) is 0 Å². The van der Waals surface area contributed by atoms with Gasteiger partial charge >= 0.3 is 0 Å². The number of rotatable bonds is 9. The molecule has 0 aliphatic carbocycles. The summed E-state index contributed by atoms with van der Waals surface area (Å²) in [6.07, 6.45) is 3.64. The summed E-state index contributed by atoms with van der Waals surface area (Å²) < 4.78 is 0. The van der Waals surface area contributed by atoms with Crippen molar-refractivity contribution in [1.82, 2.24) is 5.32 Å². The van der Waals surface area contributed by atoms with Crippen molar-refractivity contribution in [3.05, 3.63) is 34.9 Å². The van der Waals surface area contributed by atoms with Crippen molar-refractivity contribution in [2.45, 2.75) is 47.0 Å². The zero-order chi connectivity index (χ0) is 15.0. The van der Waals surface area contributed by atoms with Crippen molar-refractivity contribution < 1.29 is 0 Å². The van der Waals surface area contributed by atoms with Gasteiger partial charge in [0.25, 0.3) is 0 Å². The van der Waals surface area contributed by atoms with Crippen molar-refractivity contribution in [3.63, 3.8) is 0 Å². The van der Waals surface area contributed by atoms with E-state index in [0.29, 0.717) is 11.8 Å². The van der Waals surface area contributed by atoms with Gasteiger partial charge in [-0.25, -0.2) is 0 Å². The average molecular weight is 296 g/mol. The zero-order valence-corrected chi connectivity index (χ0v) is 14.2. The first-order chi connectivity index (χ1) is 9.49. The molecular weight excluding hydrogens is 266 g/mol. The van der Waals surface area contributed by atoms with E-state index in [2.05, 4.69) is 45.1 Å². The number of hydrogen-bond donors (Lipinski definition) is 1. The van der Waals surface area contributed by atoms with Crippen molar-refractivity contribution in [3.8, 4) is 0 Å². The van der Waals surface area contributed by atoms with Gasteiger partial charge in [0.05, 0.1) is 0 Å². The fourth-order valence-electron chi connectivity index (χ4n) is 2.40. The van der Waals surface area contributed by atoms with E-state index in [9.17, 15) is 0 Å². The standard InChI is InChI=1S/C18H30ClN/c1-14(2)9-10-16(13-20-12-15(3)4)11-17-7-5-6-8-18(17)19/h5-8,14-16,20H,9-13H2,1-4H3. The predicted molar refractivity (Wildman–Crippen MR) is 90.4 cm³/mol. The summed E-state index contributed by atoms with van der Waals surface area (Å²) in [6, 6.07) is 8.25. The molecule has 1 aromatic rings. The molecule has 0 radical (unpaired) electrons. The number of nitrogens with one attached hydrogen (secondary N) is 1. The third kappa shape index (κ3) is 7.31. The first kappa shape index (κ1) is 17.5. The van der Waals surface area contributed by atoms with E-state index in [4.69, 9.17) is 11.6 Å². The number of hydrogen-bond acceptors (Lipinski definition) is 1. The molecule has 0 amide bonds. The van der Waals surface area contributed by atoms with E-state index >= 15 is 0 Å². The molecular formula is C18H30ClN. The molecule has 20 heavy (non-hydrogen) atoms. The van der Waals surface area contributed by atoms with Gasteiger partial charge in [0.15, 0.2) is 0 Å². The second-order valence-electron chi connectivity index (χ2n) is 6.68. The largest absolute Gasteiger partial charge is 0.316 e. The van der Waals surface area contributed by atoms with Crippen LogP contribution in [0.2, 0.25) is 5.02 Å². The lowest BCUT2D eigenvalue weighted by molar-refractivity contribution is 0.389. The molecule has 2 heteroatoms. The molecule has 1 aromatic carbocycles. The monoisotopic (exact) mass is 295 g/mol. The lowest BCUT2D eigenvalue weighted by Gasteiger charge is -2.20. The van der Waals surface area contributed by atoms with Gasteiger partial charge in [-0.3, -0.25) is 0 Å². The second kappa shape index (κ2) is 9.41. The van der Waals surface area contributed by atoms with Gasteiger partial charge in [-0.15, -0.1) is 0 Å². The van der Waals surface area contributed by atoms with Crippen molar-refractivity contribution >= 4 is 11.6 Å². The van der Waals surface area contributed by atoms with E-state index in [1.807, 2.05) is 12.1 Å². The lowest BCUT2D eigenvalue weighted by atomic mass is 9.91. The third-order valence-corrected chi connectivity index (χ3v) is 3.97. The molecule has 0 heterocycles. The highest BCUT2D eigenvalue weighted by atomic mass is 35.5. The highest BCUT2D eigenvalue weighted by molar-refractivity contribution is 6.31. The minimum atomic E-state index is 0.677. The van der Waals surface area contributed by atoms with Crippen LogP contribution in [-0.2, 0) is 6.42 Å². The van der Waals surface area contributed by atoms with Crippen LogP contribution < -0.4 is 5.32 Å². The van der Waals surface area contributed by atoms with Crippen LogP contribution in [0.25, 0.3) is 0 Å². The summed E-state index contributed by atoms with van der Waals surface area (Å²) in [6.45, 7) is 11.3. The minimum absolute atomic E-state index is 0.677. The van der Waals surface area contributed by atoms with Gasteiger partial charge in [-0.1, -0.05) is 63.9 Å². The molecule has 0 spiro atoms. The molecule has 1 nitrogen and oxygen atoms in total. The van der Waals surface area contributed by atoms with Crippen LogP contribution in [0.1, 0.15) is 46.1 Å². The molecule has 114 valence electrons. The Morgan fingerprint density at radius 2 is 1.65 bits per heavy atom. The highest BCUT2D eigenvalue weighted by Crippen LogP contribution is 2.22. The smallest absolute Gasteiger partial charge is 0.0438 e. The maximum Gasteiger partial charge on any atom is 0.0438 e. The Balaban J connectivity index is 2.54. The van der Waals surface area contributed by atoms with Gasteiger partial charge in [-0.05, 0) is 55.3 Å². The number of benzene rings is 1. The summed E-state index contributed by atoms with van der Waals surface area (Å²) in [4.78, 5) is 0. The average Bonchev–Trinajstić information content (AvgIpc) is 2.37. The Morgan fingerprint density at radius 1 is 0.950 bits per heavy atom. The summed E-state index contributed by atoms with van der Waals surface area (Å²) in [5.74, 6) is 2.16. The Bertz CT molecular complexity index is 373. The predicted octanol–water partition coefficient (Wildman–Crippen LogP) is 5.18. The van der Waals surface area contributed by atoms with Crippen LogP contribution in [0.15, 0.2) is 24.3 Å². The van der Waals surface area contributed by atoms with Gasteiger partial charge in [-0.2, -0.15) is 0 Å². The van der Waals surface area contributed by atoms with Crippen LogP contribution in [0.5, 0.6) is 0 Å². The van der Waals surface area contributed by atoms with Crippen LogP contribution in [0, 0.1) is 17.8 Å².